The maximum atomic E-state index is 12.1. The summed E-state index contributed by atoms with van der Waals surface area (Å²) in [6.07, 6.45) is -0.894. The van der Waals surface area contributed by atoms with Gasteiger partial charge in [0.2, 0.25) is 0 Å². The zero-order valence-corrected chi connectivity index (χ0v) is 15.9. The van der Waals surface area contributed by atoms with Crippen LogP contribution in [0.2, 0.25) is 5.02 Å². The number of carbonyl (C=O) groups is 2. The molecule has 0 radical (unpaired) electrons. The fourth-order valence-electron chi connectivity index (χ4n) is 2.55. The topological polar surface area (TPSA) is 113 Å². The molecule has 1 atom stereocenters. The monoisotopic (exact) mass is 403 g/mol. The lowest BCUT2D eigenvalue weighted by molar-refractivity contribution is -0.153. The Morgan fingerprint density at radius 2 is 1.89 bits per heavy atom. The summed E-state index contributed by atoms with van der Waals surface area (Å²) in [7, 11) is 0. The number of rotatable bonds is 6. The van der Waals surface area contributed by atoms with Gasteiger partial charge in [-0.2, -0.15) is 0 Å². The predicted octanol–water partition coefficient (Wildman–Crippen LogP) is 2.77. The van der Waals surface area contributed by atoms with Crippen molar-refractivity contribution in [2.24, 2.45) is 0 Å². The lowest BCUT2D eigenvalue weighted by atomic mass is 10.2. The summed E-state index contributed by atoms with van der Waals surface area (Å²) in [6, 6.07) is 9.92. The Bertz CT molecular complexity index is 1090. The molecular formula is C19H18ClN3O5. The summed E-state index contributed by atoms with van der Waals surface area (Å²) in [5.41, 5.74) is 2.09. The van der Waals surface area contributed by atoms with E-state index in [1.54, 1.807) is 43.3 Å². The number of hydrogen-bond acceptors (Lipinski definition) is 5. The van der Waals surface area contributed by atoms with Gasteiger partial charge in [-0.25, -0.2) is 9.59 Å². The summed E-state index contributed by atoms with van der Waals surface area (Å²) in [5, 5.41) is 3.16. The molecule has 3 aromatic rings. The molecule has 0 aliphatic heterocycles. The van der Waals surface area contributed by atoms with Crippen molar-refractivity contribution in [2.45, 2.75) is 20.0 Å². The second-order valence-electron chi connectivity index (χ2n) is 6.17. The fraction of sp³-hybridized carbons (Fsp3) is 0.211. The first-order chi connectivity index (χ1) is 13.3. The number of carbonyl (C=O) groups excluding carboxylic acids is 2. The molecule has 2 aromatic carbocycles. The van der Waals surface area contributed by atoms with Crippen LogP contribution in [0, 0.1) is 6.92 Å². The van der Waals surface area contributed by atoms with E-state index in [9.17, 15) is 14.4 Å². The number of imidazole rings is 1. The normalized spacial score (nSPS) is 11.8. The van der Waals surface area contributed by atoms with Gasteiger partial charge in [-0.1, -0.05) is 11.6 Å². The number of H-pyrrole nitrogens is 2. The number of benzene rings is 2. The minimum atomic E-state index is -0.894. The van der Waals surface area contributed by atoms with E-state index in [2.05, 4.69) is 15.3 Å². The summed E-state index contributed by atoms with van der Waals surface area (Å²) in [5.74, 6) is -0.678. The van der Waals surface area contributed by atoms with Crippen LogP contribution in [-0.2, 0) is 14.3 Å². The molecule has 0 unspecified atom stereocenters. The minimum Gasteiger partial charge on any atom is -0.479 e. The van der Waals surface area contributed by atoms with E-state index >= 15 is 0 Å². The number of fused-ring (bicyclic) bond motifs is 1. The maximum absolute atomic E-state index is 12.1. The predicted molar refractivity (Wildman–Crippen MR) is 105 cm³/mol. The van der Waals surface area contributed by atoms with Crippen LogP contribution in [-0.4, -0.2) is 34.6 Å². The molecule has 1 heterocycles. The van der Waals surface area contributed by atoms with Crippen molar-refractivity contribution in [1.82, 2.24) is 9.97 Å². The Morgan fingerprint density at radius 1 is 1.14 bits per heavy atom. The molecule has 0 saturated carbocycles. The van der Waals surface area contributed by atoms with E-state index in [0.29, 0.717) is 27.5 Å². The number of aromatic nitrogens is 2. The van der Waals surface area contributed by atoms with Crippen LogP contribution in [0.5, 0.6) is 5.75 Å². The van der Waals surface area contributed by atoms with Crippen LogP contribution in [0.4, 0.5) is 5.69 Å². The molecule has 9 heteroatoms. The van der Waals surface area contributed by atoms with Crippen molar-refractivity contribution in [3.8, 4) is 5.75 Å². The molecule has 0 saturated heterocycles. The van der Waals surface area contributed by atoms with E-state index in [1.807, 2.05) is 0 Å². The first-order valence-electron chi connectivity index (χ1n) is 8.43. The van der Waals surface area contributed by atoms with Gasteiger partial charge in [-0.3, -0.25) is 4.79 Å². The number of esters is 1. The number of amides is 1. The van der Waals surface area contributed by atoms with E-state index in [-0.39, 0.29) is 5.69 Å². The third-order valence-electron chi connectivity index (χ3n) is 3.92. The van der Waals surface area contributed by atoms with Crippen LogP contribution in [0.3, 0.4) is 0 Å². The first-order valence-corrected chi connectivity index (χ1v) is 8.81. The molecule has 28 heavy (non-hydrogen) atoms. The first kappa shape index (κ1) is 19.5. The van der Waals surface area contributed by atoms with Gasteiger partial charge in [-0.05, 0) is 55.8 Å². The lowest BCUT2D eigenvalue weighted by Crippen LogP contribution is -2.30. The van der Waals surface area contributed by atoms with E-state index in [0.717, 1.165) is 5.56 Å². The van der Waals surface area contributed by atoms with Crippen LogP contribution in [0.15, 0.2) is 41.2 Å². The summed E-state index contributed by atoms with van der Waals surface area (Å²) >= 11 is 5.89. The van der Waals surface area contributed by atoms with Crippen LogP contribution in [0.25, 0.3) is 11.0 Å². The number of aromatic amines is 2. The number of aryl methyl sites for hydroxylation is 1. The van der Waals surface area contributed by atoms with E-state index in [1.165, 1.54) is 6.92 Å². The van der Waals surface area contributed by atoms with Crippen LogP contribution >= 0.6 is 11.6 Å². The Balaban J connectivity index is 1.52. The minimum absolute atomic E-state index is 0.336. The van der Waals surface area contributed by atoms with Crippen LogP contribution < -0.4 is 15.7 Å². The molecule has 3 N–H and O–H groups in total. The third-order valence-corrected chi connectivity index (χ3v) is 4.15. The molecule has 0 fully saturated rings. The molecular weight excluding hydrogens is 386 g/mol. The zero-order valence-electron chi connectivity index (χ0n) is 15.2. The van der Waals surface area contributed by atoms with Gasteiger partial charge in [0.1, 0.15) is 5.75 Å². The number of hydrogen-bond donors (Lipinski definition) is 3. The molecule has 146 valence electrons. The van der Waals surface area contributed by atoms with Crippen molar-refractivity contribution in [2.75, 3.05) is 11.9 Å². The number of ether oxygens (including phenoxy) is 2. The van der Waals surface area contributed by atoms with E-state index in [4.69, 9.17) is 21.1 Å². The number of nitrogens with one attached hydrogen (secondary N) is 3. The summed E-state index contributed by atoms with van der Waals surface area (Å²) in [4.78, 5) is 40.5. The summed E-state index contributed by atoms with van der Waals surface area (Å²) < 4.78 is 10.6. The van der Waals surface area contributed by atoms with Gasteiger partial charge < -0.3 is 24.8 Å². The van der Waals surface area contributed by atoms with Crippen LogP contribution in [0.1, 0.15) is 12.5 Å². The van der Waals surface area contributed by atoms with Crippen molar-refractivity contribution in [3.63, 3.8) is 0 Å². The highest BCUT2D eigenvalue weighted by Crippen LogP contribution is 2.23. The Hall–Kier alpha value is -3.26. The molecule has 0 aliphatic carbocycles. The third kappa shape index (κ3) is 4.72. The van der Waals surface area contributed by atoms with Crippen molar-refractivity contribution in [3.05, 3.63) is 57.5 Å². The zero-order chi connectivity index (χ0) is 20.3. The van der Waals surface area contributed by atoms with Gasteiger partial charge in [0.15, 0.2) is 12.7 Å². The molecule has 3 rings (SSSR count). The molecule has 1 amide bonds. The highest BCUT2D eigenvalue weighted by molar-refractivity contribution is 6.30. The van der Waals surface area contributed by atoms with Gasteiger partial charge in [0.05, 0.1) is 11.0 Å². The van der Waals surface area contributed by atoms with Crippen molar-refractivity contribution < 1.29 is 19.1 Å². The smallest absolute Gasteiger partial charge is 0.347 e. The standard InChI is InChI=1S/C19H18ClN3O5/c1-10-7-12(20)3-6-16(10)28-11(2)18(25)27-9-17(24)21-13-4-5-14-15(8-13)23-19(26)22-14/h3-8,11H,9H2,1-2H3,(H,21,24)(H2,22,23,26)/t11-/m1/s1. The quantitative estimate of drug-likeness (QED) is 0.548. The molecule has 0 spiro atoms. The maximum Gasteiger partial charge on any atom is 0.347 e. The molecule has 0 bridgehead atoms. The number of halogens is 1. The fourth-order valence-corrected chi connectivity index (χ4v) is 2.77. The number of anilines is 1. The largest absolute Gasteiger partial charge is 0.479 e. The highest BCUT2D eigenvalue weighted by Gasteiger charge is 2.19. The lowest BCUT2D eigenvalue weighted by Gasteiger charge is -2.15. The second-order valence-corrected chi connectivity index (χ2v) is 6.60. The highest BCUT2D eigenvalue weighted by atomic mass is 35.5. The SMILES string of the molecule is Cc1cc(Cl)ccc1O[C@H](C)C(=O)OCC(=O)Nc1ccc2[nH]c(=O)[nH]c2c1. The van der Waals surface area contributed by atoms with Gasteiger partial charge in [0.25, 0.3) is 5.91 Å². The molecule has 1 aromatic heterocycles. The average molecular weight is 404 g/mol. The Kier molecular flexibility index (Phi) is 5.70. The van der Waals surface area contributed by atoms with Crippen molar-refractivity contribution in [1.29, 1.82) is 0 Å². The Morgan fingerprint density at radius 3 is 2.64 bits per heavy atom. The van der Waals surface area contributed by atoms with Crippen molar-refractivity contribution >= 4 is 40.2 Å². The summed E-state index contributed by atoms with van der Waals surface area (Å²) in [6.45, 7) is 2.87. The van der Waals surface area contributed by atoms with Gasteiger partial charge >= 0.3 is 11.7 Å². The molecule has 8 nitrogen and oxygen atoms in total. The average Bonchev–Trinajstić information content (AvgIpc) is 3.01. The van der Waals surface area contributed by atoms with Gasteiger partial charge in [0, 0.05) is 10.7 Å². The Labute approximate surface area is 164 Å². The van der Waals surface area contributed by atoms with E-state index < -0.39 is 24.6 Å². The van der Waals surface area contributed by atoms with Gasteiger partial charge in [-0.15, -0.1) is 0 Å². The second kappa shape index (κ2) is 8.18. The molecule has 0 aliphatic rings.